The van der Waals surface area contributed by atoms with Crippen molar-refractivity contribution >= 4 is 17.7 Å². The van der Waals surface area contributed by atoms with Gasteiger partial charge in [-0.15, -0.1) is 0 Å². The van der Waals surface area contributed by atoms with E-state index in [1.807, 2.05) is 19.1 Å². The summed E-state index contributed by atoms with van der Waals surface area (Å²) in [5, 5.41) is 5.19. The smallest absolute Gasteiger partial charge is 0.321 e. The molecule has 3 rings (SSSR count). The number of urea groups is 1. The van der Waals surface area contributed by atoms with Gasteiger partial charge in [0.1, 0.15) is 0 Å². The molecule has 1 aliphatic carbocycles. The molecule has 6 heteroatoms. The Morgan fingerprint density at radius 3 is 2.17 bits per heavy atom. The average Bonchev–Trinajstić information content (AvgIpc) is 3.51. The van der Waals surface area contributed by atoms with Gasteiger partial charge in [0.25, 0.3) is 0 Å². The van der Waals surface area contributed by atoms with Gasteiger partial charge >= 0.3 is 6.03 Å². The van der Waals surface area contributed by atoms with Gasteiger partial charge in [-0.2, -0.15) is 0 Å². The molecular formula is C23H33N3O3. The van der Waals surface area contributed by atoms with Crippen LogP contribution in [0.3, 0.4) is 0 Å². The summed E-state index contributed by atoms with van der Waals surface area (Å²) in [5.74, 6) is 0.505. The third-order valence-electron chi connectivity index (χ3n) is 5.86. The van der Waals surface area contributed by atoms with E-state index in [1.54, 1.807) is 0 Å². The van der Waals surface area contributed by atoms with Crippen LogP contribution in [0.4, 0.5) is 4.79 Å². The van der Waals surface area contributed by atoms with Crippen LogP contribution in [0, 0.1) is 11.8 Å². The number of hydrogen-bond acceptors (Lipinski definition) is 4. The molecule has 0 spiro atoms. The topological polar surface area (TPSA) is 78.5 Å². The molecule has 0 radical (unpaired) electrons. The lowest BCUT2D eigenvalue weighted by atomic mass is 9.88. The zero-order valence-electron chi connectivity index (χ0n) is 17.7. The van der Waals surface area contributed by atoms with Crippen LogP contribution in [0.5, 0.6) is 0 Å². The molecule has 2 fully saturated rings. The molecule has 3 amide bonds. The first-order chi connectivity index (χ1) is 13.8. The van der Waals surface area contributed by atoms with Gasteiger partial charge in [0.05, 0.1) is 6.04 Å². The van der Waals surface area contributed by atoms with E-state index in [4.69, 9.17) is 0 Å². The number of carbonyl (C=O) groups is 3. The van der Waals surface area contributed by atoms with Crippen molar-refractivity contribution in [1.82, 2.24) is 15.5 Å². The molecule has 1 saturated heterocycles. The number of rotatable bonds is 7. The van der Waals surface area contributed by atoms with Gasteiger partial charge < -0.3 is 5.32 Å². The normalized spacial score (nSPS) is 19.0. The van der Waals surface area contributed by atoms with Gasteiger partial charge in [-0.05, 0) is 63.6 Å². The molecule has 1 aromatic carbocycles. The van der Waals surface area contributed by atoms with Crippen molar-refractivity contribution in [3.8, 4) is 0 Å². The van der Waals surface area contributed by atoms with Crippen LogP contribution in [0.15, 0.2) is 24.3 Å². The number of carbonyl (C=O) groups excluding carboxylic acids is 3. The number of ketones is 1. The number of Topliss-reactive ketones (excluding diaryl/α,β-unsaturated/α-hetero) is 1. The number of benzene rings is 1. The number of nitrogens with one attached hydrogen (secondary N) is 2. The van der Waals surface area contributed by atoms with Gasteiger partial charge in [0.2, 0.25) is 5.91 Å². The highest BCUT2D eigenvalue weighted by Crippen LogP contribution is 2.24. The maximum absolute atomic E-state index is 12.8. The lowest BCUT2D eigenvalue weighted by Crippen LogP contribution is -2.52. The third-order valence-corrected chi connectivity index (χ3v) is 5.86. The Hall–Kier alpha value is -2.21. The van der Waals surface area contributed by atoms with Crippen LogP contribution >= 0.6 is 0 Å². The first-order valence-electron chi connectivity index (χ1n) is 10.8. The van der Waals surface area contributed by atoms with Crippen molar-refractivity contribution in [2.45, 2.75) is 65.0 Å². The van der Waals surface area contributed by atoms with Gasteiger partial charge in [-0.25, -0.2) is 4.79 Å². The molecule has 2 aliphatic rings. The van der Waals surface area contributed by atoms with Gasteiger partial charge in [0.15, 0.2) is 5.78 Å². The molecule has 1 aliphatic heterocycles. The number of likely N-dealkylation sites (tertiary alicyclic amines) is 1. The van der Waals surface area contributed by atoms with E-state index in [9.17, 15) is 14.4 Å². The number of hydrogen-bond donors (Lipinski definition) is 2. The Balaban J connectivity index is 1.46. The van der Waals surface area contributed by atoms with Crippen LogP contribution in [0.1, 0.15) is 62.4 Å². The third kappa shape index (κ3) is 6.13. The molecule has 158 valence electrons. The summed E-state index contributed by atoms with van der Waals surface area (Å²) in [6.07, 6.45) is 4.46. The van der Waals surface area contributed by atoms with E-state index < -0.39 is 6.03 Å². The molecular weight excluding hydrogens is 366 g/mol. The molecule has 2 N–H and O–H groups in total. The minimum absolute atomic E-state index is 0.00405. The monoisotopic (exact) mass is 399 g/mol. The summed E-state index contributed by atoms with van der Waals surface area (Å²) in [7, 11) is 0. The highest BCUT2D eigenvalue weighted by Gasteiger charge is 2.31. The van der Waals surface area contributed by atoms with Gasteiger partial charge in [0, 0.05) is 17.5 Å². The van der Waals surface area contributed by atoms with Crippen molar-refractivity contribution in [1.29, 1.82) is 0 Å². The lowest BCUT2D eigenvalue weighted by molar-refractivity contribution is -0.125. The fourth-order valence-corrected chi connectivity index (χ4v) is 3.89. The molecule has 1 aromatic rings. The predicted molar refractivity (Wildman–Crippen MR) is 113 cm³/mol. The Labute approximate surface area is 173 Å². The fourth-order valence-electron chi connectivity index (χ4n) is 3.89. The minimum Gasteiger partial charge on any atom is -0.335 e. The molecule has 1 atom stereocenters. The second-order valence-corrected chi connectivity index (χ2v) is 8.88. The van der Waals surface area contributed by atoms with E-state index in [0.717, 1.165) is 37.7 Å². The number of imide groups is 1. The predicted octanol–water partition coefficient (Wildman–Crippen LogP) is 3.16. The zero-order chi connectivity index (χ0) is 21.0. The second kappa shape index (κ2) is 9.53. The van der Waals surface area contributed by atoms with E-state index in [0.29, 0.717) is 19.0 Å². The van der Waals surface area contributed by atoms with Gasteiger partial charge in [-0.3, -0.25) is 19.8 Å². The standard InChI is InChI=1S/C23H33N3O3/c1-15(2)14-17-4-6-18(7-5-17)21(27)19-10-12-26(13-11-19)16(3)22(28)25-23(29)24-20-8-9-20/h4-7,15-16,19-20H,8-14H2,1-3H3,(H2,24,25,28,29). The van der Waals surface area contributed by atoms with E-state index >= 15 is 0 Å². The van der Waals surface area contributed by atoms with Crippen molar-refractivity contribution in [3.05, 3.63) is 35.4 Å². The van der Waals surface area contributed by atoms with Crippen molar-refractivity contribution in [2.24, 2.45) is 11.8 Å². The summed E-state index contributed by atoms with van der Waals surface area (Å²) < 4.78 is 0. The quantitative estimate of drug-likeness (QED) is 0.691. The Morgan fingerprint density at radius 1 is 1.00 bits per heavy atom. The largest absolute Gasteiger partial charge is 0.335 e. The van der Waals surface area contributed by atoms with Crippen LogP contribution in [0.25, 0.3) is 0 Å². The fraction of sp³-hybridized carbons (Fsp3) is 0.609. The minimum atomic E-state index is -0.407. The first kappa shape index (κ1) is 21.5. The number of amides is 3. The Morgan fingerprint density at radius 2 is 1.62 bits per heavy atom. The highest BCUT2D eigenvalue weighted by molar-refractivity contribution is 5.98. The van der Waals surface area contributed by atoms with E-state index in [1.165, 1.54) is 5.56 Å². The van der Waals surface area contributed by atoms with E-state index in [2.05, 4.69) is 41.5 Å². The van der Waals surface area contributed by atoms with Crippen LogP contribution in [-0.4, -0.2) is 47.8 Å². The molecule has 1 heterocycles. The summed E-state index contributed by atoms with van der Waals surface area (Å²) in [6, 6.07) is 7.44. The maximum atomic E-state index is 12.8. The highest BCUT2D eigenvalue weighted by atomic mass is 16.2. The SMILES string of the molecule is CC(C)Cc1ccc(C(=O)C2CCN(C(C)C(=O)NC(=O)NC3CC3)CC2)cc1. The summed E-state index contributed by atoms with van der Waals surface area (Å²) >= 11 is 0. The van der Waals surface area contributed by atoms with Crippen molar-refractivity contribution < 1.29 is 14.4 Å². The van der Waals surface area contributed by atoms with Gasteiger partial charge in [-0.1, -0.05) is 38.1 Å². The number of nitrogens with zero attached hydrogens (tertiary/aromatic N) is 1. The Kier molecular flexibility index (Phi) is 7.06. The molecule has 6 nitrogen and oxygen atoms in total. The summed E-state index contributed by atoms with van der Waals surface area (Å²) in [4.78, 5) is 39.0. The molecule has 1 saturated carbocycles. The maximum Gasteiger partial charge on any atom is 0.321 e. The van der Waals surface area contributed by atoms with Crippen molar-refractivity contribution in [3.63, 3.8) is 0 Å². The van der Waals surface area contributed by atoms with Crippen molar-refractivity contribution in [2.75, 3.05) is 13.1 Å². The van der Waals surface area contributed by atoms with Crippen LogP contribution < -0.4 is 10.6 Å². The summed E-state index contributed by atoms with van der Waals surface area (Å²) in [5.41, 5.74) is 2.04. The zero-order valence-corrected chi connectivity index (χ0v) is 17.7. The molecule has 0 bridgehead atoms. The molecule has 1 unspecified atom stereocenters. The Bertz CT molecular complexity index is 732. The van der Waals surface area contributed by atoms with Crippen LogP contribution in [0.2, 0.25) is 0 Å². The number of piperidine rings is 1. The lowest BCUT2D eigenvalue weighted by Gasteiger charge is -2.34. The second-order valence-electron chi connectivity index (χ2n) is 8.88. The van der Waals surface area contributed by atoms with Crippen LogP contribution in [-0.2, 0) is 11.2 Å². The summed E-state index contributed by atoms with van der Waals surface area (Å²) in [6.45, 7) is 7.55. The van der Waals surface area contributed by atoms with E-state index in [-0.39, 0.29) is 29.7 Å². The molecule has 0 aromatic heterocycles. The first-order valence-corrected chi connectivity index (χ1v) is 10.8. The molecule has 29 heavy (non-hydrogen) atoms. The average molecular weight is 400 g/mol.